The number of hydrogen-bond acceptors (Lipinski definition) is 3. The minimum absolute atomic E-state index is 0.262. The average Bonchev–Trinajstić information content (AvgIpc) is 2.51. The van der Waals surface area contributed by atoms with E-state index in [0.29, 0.717) is 12.1 Å². The molecular formula is C16H17F6NO2. The highest BCUT2D eigenvalue weighted by Gasteiger charge is 2.43. The SMILES string of the molecule is COC(C)C(c1cc(C(F)(F)F)c(C#N)c(C(F)(F)F)c1)C(C)OC. The standard InChI is InChI=1S/C16H17F6NO2/c1-8(24-3)14(9(2)25-4)10-5-12(15(17,18)19)11(7-23)13(6-10)16(20,21)22/h5-6,8-9,14H,1-4H3. The number of ether oxygens (including phenoxy) is 2. The molecule has 0 spiro atoms. The van der Waals surface area contributed by atoms with Gasteiger partial charge in [-0.05, 0) is 31.5 Å². The van der Waals surface area contributed by atoms with Crippen LogP contribution in [-0.4, -0.2) is 26.4 Å². The first-order valence-electron chi connectivity index (χ1n) is 7.16. The Balaban J connectivity index is 3.80. The molecule has 0 aliphatic rings. The Morgan fingerprint density at radius 3 is 1.48 bits per heavy atom. The van der Waals surface area contributed by atoms with Gasteiger partial charge in [0.05, 0.1) is 28.9 Å². The van der Waals surface area contributed by atoms with Gasteiger partial charge in [-0.15, -0.1) is 0 Å². The Morgan fingerprint density at radius 2 is 1.24 bits per heavy atom. The fraction of sp³-hybridized carbons (Fsp3) is 0.562. The molecule has 0 radical (unpaired) electrons. The molecule has 1 aromatic carbocycles. The fourth-order valence-corrected chi connectivity index (χ4v) is 2.64. The Kier molecular flexibility index (Phi) is 6.48. The number of rotatable bonds is 5. The summed E-state index contributed by atoms with van der Waals surface area (Å²) in [6.07, 6.45) is -11.7. The summed E-state index contributed by atoms with van der Waals surface area (Å²) >= 11 is 0. The van der Waals surface area contributed by atoms with Crippen molar-refractivity contribution in [1.82, 2.24) is 0 Å². The Morgan fingerprint density at radius 1 is 0.880 bits per heavy atom. The molecule has 0 saturated heterocycles. The quantitative estimate of drug-likeness (QED) is 0.704. The maximum Gasteiger partial charge on any atom is 0.417 e. The molecular weight excluding hydrogens is 352 g/mol. The minimum atomic E-state index is -5.11. The van der Waals surface area contributed by atoms with Crippen LogP contribution in [0.3, 0.4) is 0 Å². The molecule has 0 heterocycles. The molecule has 3 nitrogen and oxygen atoms in total. The van der Waals surface area contributed by atoms with Crippen molar-refractivity contribution in [2.24, 2.45) is 0 Å². The Hall–Kier alpha value is -1.79. The van der Waals surface area contributed by atoms with Crippen molar-refractivity contribution < 1.29 is 35.8 Å². The van der Waals surface area contributed by atoms with Crippen LogP contribution in [0, 0.1) is 11.3 Å². The molecule has 0 aromatic heterocycles. The number of nitriles is 1. The van der Waals surface area contributed by atoms with Crippen LogP contribution in [0.25, 0.3) is 0 Å². The first-order chi connectivity index (χ1) is 11.4. The largest absolute Gasteiger partial charge is 0.417 e. The van der Waals surface area contributed by atoms with Crippen LogP contribution in [0.2, 0.25) is 0 Å². The highest BCUT2D eigenvalue weighted by atomic mass is 19.4. The van der Waals surface area contributed by atoms with E-state index in [2.05, 4.69) is 0 Å². The second-order valence-electron chi connectivity index (χ2n) is 5.51. The van der Waals surface area contributed by atoms with Gasteiger partial charge in [-0.25, -0.2) is 0 Å². The molecule has 0 saturated carbocycles. The molecule has 0 N–H and O–H groups in total. The van der Waals surface area contributed by atoms with Gasteiger partial charge in [0.25, 0.3) is 0 Å². The fourth-order valence-electron chi connectivity index (χ4n) is 2.64. The van der Waals surface area contributed by atoms with Gasteiger partial charge in [-0.3, -0.25) is 0 Å². The summed E-state index contributed by atoms with van der Waals surface area (Å²) < 4.78 is 89.6. The van der Waals surface area contributed by atoms with E-state index in [1.165, 1.54) is 28.1 Å². The van der Waals surface area contributed by atoms with Gasteiger partial charge in [-0.2, -0.15) is 31.6 Å². The second-order valence-corrected chi connectivity index (χ2v) is 5.51. The third-order valence-corrected chi connectivity index (χ3v) is 4.02. The van der Waals surface area contributed by atoms with E-state index >= 15 is 0 Å². The lowest BCUT2D eigenvalue weighted by Gasteiger charge is -2.29. The maximum atomic E-state index is 13.2. The maximum absolute atomic E-state index is 13.2. The number of halogens is 6. The van der Waals surface area contributed by atoms with E-state index in [9.17, 15) is 26.3 Å². The van der Waals surface area contributed by atoms with Gasteiger partial charge in [0, 0.05) is 20.1 Å². The number of methoxy groups -OCH3 is 2. The van der Waals surface area contributed by atoms with Gasteiger partial charge < -0.3 is 9.47 Å². The van der Waals surface area contributed by atoms with Crippen molar-refractivity contribution in [3.05, 3.63) is 34.4 Å². The van der Waals surface area contributed by atoms with Crippen LogP contribution < -0.4 is 0 Å². The Labute approximate surface area is 141 Å². The van der Waals surface area contributed by atoms with E-state index in [0.717, 1.165) is 6.07 Å². The van der Waals surface area contributed by atoms with Crippen molar-refractivity contribution in [1.29, 1.82) is 5.26 Å². The summed E-state index contributed by atoms with van der Waals surface area (Å²) in [6.45, 7) is 3.03. The zero-order valence-electron chi connectivity index (χ0n) is 13.9. The lowest BCUT2D eigenvalue weighted by atomic mass is 9.85. The predicted molar refractivity (Wildman–Crippen MR) is 76.8 cm³/mol. The number of benzene rings is 1. The molecule has 1 rings (SSSR count). The number of hydrogen-bond donors (Lipinski definition) is 0. The molecule has 0 aliphatic heterocycles. The summed E-state index contributed by atoms with van der Waals surface area (Å²) in [5, 5.41) is 8.87. The van der Waals surface area contributed by atoms with Crippen LogP contribution in [0.4, 0.5) is 26.3 Å². The lowest BCUT2D eigenvalue weighted by Crippen LogP contribution is -2.29. The predicted octanol–water partition coefficient (Wildman–Crippen LogP) is 4.75. The third-order valence-electron chi connectivity index (χ3n) is 4.02. The third kappa shape index (κ3) is 4.64. The monoisotopic (exact) mass is 369 g/mol. The normalized spacial score (nSPS) is 16.2. The molecule has 2 unspecified atom stereocenters. The number of nitrogens with zero attached hydrogens (tertiary/aromatic N) is 1. The van der Waals surface area contributed by atoms with E-state index in [1.807, 2.05) is 0 Å². The highest BCUT2D eigenvalue weighted by molar-refractivity contribution is 5.50. The highest BCUT2D eigenvalue weighted by Crippen LogP contribution is 2.42. The van der Waals surface area contributed by atoms with Gasteiger partial charge >= 0.3 is 12.4 Å². The molecule has 9 heteroatoms. The van der Waals surface area contributed by atoms with Crippen LogP contribution >= 0.6 is 0 Å². The van der Waals surface area contributed by atoms with Crippen LogP contribution in [0.15, 0.2) is 12.1 Å². The zero-order valence-corrected chi connectivity index (χ0v) is 13.9. The summed E-state index contributed by atoms with van der Waals surface area (Å²) in [7, 11) is 2.58. The summed E-state index contributed by atoms with van der Waals surface area (Å²) in [5.74, 6) is -0.898. The van der Waals surface area contributed by atoms with E-state index in [1.54, 1.807) is 0 Å². The molecule has 0 amide bonds. The lowest BCUT2D eigenvalue weighted by molar-refractivity contribution is -0.143. The van der Waals surface area contributed by atoms with Crippen LogP contribution in [0.5, 0.6) is 0 Å². The van der Waals surface area contributed by atoms with E-state index in [4.69, 9.17) is 14.7 Å². The molecule has 0 bridgehead atoms. The molecule has 0 aliphatic carbocycles. The summed E-state index contributed by atoms with van der Waals surface area (Å²) in [5.41, 5.74) is -4.96. The van der Waals surface area contributed by atoms with Crippen LogP contribution in [0.1, 0.15) is 42.0 Å². The Bertz CT molecular complexity index is 602. The van der Waals surface area contributed by atoms with E-state index in [-0.39, 0.29) is 5.56 Å². The van der Waals surface area contributed by atoms with Gasteiger partial charge in [0.1, 0.15) is 6.07 Å². The molecule has 2 atom stereocenters. The summed E-state index contributed by atoms with van der Waals surface area (Å²) in [4.78, 5) is 0. The second kappa shape index (κ2) is 7.62. The van der Waals surface area contributed by atoms with Crippen molar-refractivity contribution in [2.45, 2.75) is 44.3 Å². The zero-order chi connectivity index (χ0) is 19.6. The first-order valence-corrected chi connectivity index (χ1v) is 7.16. The number of alkyl halides is 6. The van der Waals surface area contributed by atoms with Crippen molar-refractivity contribution in [3.8, 4) is 6.07 Å². The van der Waals surface area contributed by atoms with Gasteiger partial charge in [-0.1, -0.05) is 0 Å². The van der Waals surface area contributed by atoms with E-state index < -0.39 is 47.2 Å². The van der Waals surface area contributed by atoms with Gasteiger partial charge in [0.2, 0.25) is 0 Å². The summed E-state index contributed by atoms with van der Waals surface area (Å²) in [6, 6.07) is 2.15. The smallest absolute Gasteiger partial charge is 0.381 e. The molecule has 0 fully saturated rings. The van der Waals surface area contributed by atoms with Gasteiger partial charge in [0.15, 0.2) is 0 Å². The average molecular weight is 369 g/mol. The minimum Gasteiger partial charge on any atom is -0.381 e. The van der Waals surface area contributed by atoms with Crippen molar-refractivity contribution >= 4 is 0 Å². The van der Waals surface area contributed by atoms with Crippen molar-refractivity contribution in [3.63, 3.8) is 0 Å². The van der Waals surface area contributed by atoms with Crippen LogP contribution in [-0.2, 0) is 21.8 Å². The topological polar surface area (TPSA) is 42.2 Å². The first kappa shape index (κ1) is 21.3. The van der Waals surface area contributed by atoms with Crippen molar-refractivity contribution in [2.75, 3.05) is 14.2 Å². The molecule has 25 heavy (non-hydrogen) atoms. The molecule has 140 valence electrons. The molecule has 1 aromatic rings.